The number of nitrogens with zero attached hydrogens (tertiary/aromatic N) is 3. The van der Waals surface area contributed by atoms with Crippen LogP contribution in [-0.2, 0) is 19.3 Å². The highest BCUT2D eigenvalue weighted by Gasteiger charge is 2.34. The summed E-state index contributed by atoms with van der Waals surface area (Å²) in [5, 5.41) is 8.78. The summed E-state index contributed by atoms with van der Waals surface area (Å²) in [6.45, 7) is 1.32. The lowest BCUT2D eigenvalue weighted by atomic mass is 10.1. The van der Waals surface area contributed by atoms with Gasteiger partial charge in [0.2, 0.25) is 0 Å². The molecule has 0 saturated heterocycles. The van der Waals surface area contributed by atoms with Gasteiger partial charge in [0.05, 0.1) is 28.3 Å². The van der Waals surface area contributed by atoms with E-state index in [0.29, 0.717) is 16.6 Å². The Labute approximate surface area is 197 Å². The van der Waals surface area contributed by atoms with Gasteiger partial charge in [0.25, 0.3) is 5.56 Å². The van der Waals surface area contributed by atoms with E-state index in [-0.39, 0.29) is 16.8 Å². The molecule has 0 spiro atoms. The molecule has 9 nitrogen and oxygen atoms in total. The molecule has 0 radical (unpaired) electrons. The maximum atomic E-state index is 13.2. The maximum absolute atomic E-state index is 13.2. The molecule has 0 aliphatic heterocycles. The Hall–Kier alpha value is -4.06. The lowest BCUT2D eigenvalue weighted by Gasteiger charge is -2.15. The number of fused-ring (bicyclic) bond motifs is 1. The highest BCUT2D eigenvalue weighted by Crippen LogP contribution is 2.36. The molecule has 2 aromatic heterocycles. The van der Waals surface area contributed by atoms with Gasteiger partial charge in [0, 0.05) is 18.8 Å². The molecule has 4 aromatic rings. The van der Waals surface area contributed by atoms with Crippen LogP contribution >= 0.6 is 11.6 Å². The molecule has 182 valence electrons. The molecule has 0 fully saturated rings. The third-order valence-electron chi connectivity index (χ3n) is 5.36. The van der Waals surface area contributed by atoms with Crippen LogP contribution in [0.15, 0.2) is 61.4 Å². The Morgan fingerprint density at radius 2 is 1.83 bits per heavy atom. The largest absolute Gasteiger partial charge is 0.477 e. The van der Waals surface area contributed by atoms with Crippen molar-refractivity contribution >= 4 is 28.7 Å². The van der Waals surface area contributed by atoms with Gasteiger partial charge in [-0.15, -0.1) is 0 Å². The van der Waals surface area contributed by atoms with E-state index in [4.69, 9.17) is 16.0 Å². The first kappa shape index (κ1) is 24.1. The Morgan fingerprint density at radius 1 is 1.11 bits per heavy atom. The Balaban J connectivity index is 1.93. The molecule has 0 atom stereocenters. The number of oxazole rings is 1. The summed E-state index contributed by atoms with van der Waals surface area (Å²) in [4.78, 5) is 49.6. The minimum absolute atomic E-state index is 0.0610. The van der Waals surface area contributed by atoms with Gasteiger partial charge in [-0.25, -0.2) is 14.4 Å². The average Bonchev–Trinajstić information content (AvgIpc) is 3.10. The van der Waals surface area contributed by atoms with Crippen LogP contribution in [0.2, 0.25) is 5.02 Å². The van der Waals surface area contributed by atoms with Gasteiger partial charge in [-0.1, -0.05) is 23.7 Å². The summed E-state index contributed by atoms with van der Waals surface area (Å²) in [5.41, 5.74) is -3.85. The number of aryl methyl sites for hydroxylation is 1. The number of carboxylic acids is 1. The molecular weight excluding hydrogens is 495 g/mol. The summed E-state index contributed by atoms with van der Waals surface area (Å²) in [5.74, 6) is -2.29. The number of carboxylic acid groups (broad SMARTS) is 1. The first-order valence-electron chi connectivity index (χ1n) is 10.0. The van der Waals surface area contributed by atoms with Crippen molar-refractivity contribution in [2.24, 2.45) is 0 Å². The highest BCUT2D eigenvalue weighted by molar-refractivity contribution is 6.32. The van der Waals surface area contributed by atoms with E-state index >= 15 is 0 Å². The fourth-order valence-corrected chi connectivity index (χ4v) is 3.96. The van der Waals surface area contributed by atoms with Crippen LogP contribution in [0.5, 0.6) is 0 Å². The van der Waals surface area contributed by atoms with Gasteiger partial charge in [-0.3, -0.25) is 18.5 Å². The SMILES string of the molecule is CCn1c(=O)oc2cc(-n3cc(C(=O)O)c(=O)n(Cc4cccc(C(F)(F)F)c4Cl)c3=O)ccc21. The third-order valence-corrected chi connectivity index (χ3v) is 5.81. The third kappa shape index (κ3) is 4.16. The molecule has 0 bridgehead atoms. The van der Waals surface area contributed by atoms with Crippen molar-refractivity contribution in [2.75, 3.05) is 0 Å². The lowest BCUT2D eigenvalue weighted by Crippen LogP contribution is -2.42. The van der Waals surface area contributed by atoms with Gasteiger partial charge >= 0.3 is 23.6 Å². The van der Waals surface area contributed by atoms with Crippen molar-refractivity contribution in [1.29, 1.82) is 0 Å². The van der Waals surface area contributed by atoms with Gasteiger partial charge in [0.15, 0.2) is 5.58 Å². The molecule has 2 aromatic carbocycles. The van der Waals surface area contributed by atoms with Crippen molar-refractivity contribution in [1.82, 2.24) is 13.7 Å². The summed E-state index contributed by atoms with van der Waals surface area (Å²) < 4.78 is 47.5. The smallest absolute Gasteiger partial charge is 0.419 e. The highest BCUT2D eigenvalue weighted by atomic mass is 35.5. The lowest BCUT2D eigenvalue weighted by molar-refractivity contribution is -0.137. The van der Waals surface area contributed by atoms with Crippen LogP contribution in [0.25, 0.3) is 16.8 Å². The van der Waals surface area contributed by atoms with E-state index in [1.807, 2.05) is 0 Å². The van der Waals surface area contributed by atoms with Crippen molar-refractivity contribution < 1.29 is 27.5 Å². The van der Waals surface area contributed by atoms with Crippen molar-refractivity contribution in [3.63, 3.8) is 0 Å². The zero-order chi connectivity index (χ0) is 25.7. The zero-order valence-corrected chi connectivity index (χ0v) is 18.6. The van der Waals surface area contributed by atoms with Gasteiger partial charge < -0.3 is 9.52 Å². The number of benzene rings is 2. The van der Waals surface area contributed by atoms with Crippen molar-refractivity contribution in [3.8, 4) is 5.69 Å². The van der Waals surface area contributed by atoms with E-state index in [1.54, 1.807) is 6.92 Å². The molecule has 4 rings (SSSR count). The number of hydrogen-bond donors (Lipinski definition) is 1. The molecule has 13 heteroatoms. The molecule has 35 heavy (non-hydrogen) atoms. The van der Waals surface area contributed by atoms with E-state index in [0.717, 1.165) is 22.9 Å². The number of alkyl halides is 3. The average molecular weight is 510 g/mol. The first-order chi connectivity index (χ1) is 16.4. The number of carbonyl (C=O) groups is 1. The molecular formula is C22H15ClF3N3O6. The monoisotopic (exact) mass is 509 g/mol. The van der Waals surface area contributed by atoms with Crippen LogP contribution in [0.1, 0.15) is 28.4 Å². The minimum atomic E-state index is -4.78. The van der Waals surface area contributed by atoms with Gasteiger partial charge in [0.1, 0.15) is 5.56 Å². The molecule has 0 aliphatic carbocycles. The first-order valence-corrected chi connectivity index (χ1v) is 10.4. The molecule has 1 N–H and O–H groups in total. The van der Waals surface area contributed by atoms with E-state index in [2.05, 4.69) is 0 Å². The number of aromatic carboxylic acids is 1. The molecule has 2 heterocycles. The second-order valence-corrected chi connectivity index (χ2v) is 7.81. The zero-order valence-electron chi connectivity index (χ0n) is 17.8. The van der Waals surface area contributed by atoms with E-state index in [1.165, 1.54) is 28.8 Å². The Kier molecular flexibility index (Phi) is 5.93. The summed E-state index contributed by atoms with van der Waals surface area (Å²) >= 11 is 5.90. The Morgan fingerprint density at radius 3 is 2.46 bits per heavy atom. The van der Waals surface area contributed by atoms with Crippen molar-refractivity contribution in [3.05, 3.63) is 95.7 Å². The fourth-order valence-electron chi connectivity index (χ4n) is 3.67. The predicted octanol–water partition coefficient (Wildman–Crippen LogP) is 3.35. The Bertz CT molecular complexity index is 1660. The van der Waals surface area contributed by atoms with Crippen LogP contribution in [0, 0.1) is 0 Å². The fraction of sp³-hybridized carbons (Fsp3) is 0.182. The second kappa shape index (κ2) is 8.62. The quantitative estimate of drug-likeness (QED) is 0.441. The number of hydrogen-bond acceptors (Lipinski definition) is 5. The van der Waals surface area contributed by atoms with Crippen LogP contribution in [0.3, 0.4) is 0 Å². The standard InChI is InChI=1S/C22H15ClF3N3O6/c1-2-27-15-7-6-12(8-16(15)35-21(27)34)28-10-13(19(31)32)18(30)29(20(28)33)9-11-4-3-5-14(17(11)23)22(24,25)26/h3-8,10H,2,9H2,1H3,(H,31,32). The number of rotatable bonds is 5. The van der Waals surface area contributed by atoms with Crippen molar-refractivity contribution in [2.45, 2.75) is 26.2 Å². The maximum Gasteiger partial charge on any atom is 0.419 e. The van der Waals surface area contributed by atoms with Crippen LogP contribution in [0.4, 0.5) is 13.2 Å². The summed E-state index contributed by atoms with van der Waals surface area (Å²) in [7, 11) is 0. The molecule has 0 amide bonds. The molecule has 0 unspecified atom stereocenters. The molecule has 0 saturated carbocycles. The van der Waals surface area contributed by atoms with Gasteiger partial charge in [-0.2, -0.15) is 13.2 Å². The number of aromatic nitrogens is 3. The molecule has 0 aliphatic rings. The summed E-state index contributed by atoms with van der Waals surface area (Å²) in [6.07, 6.45) is -3.98. The van der Waals surface area contributed by atoms with E-state index < -0.39 is 51.8 Å². The summed E-state index contributed by atoms with van der Waals surface area (Å²) in [6, 6.07) is 7.18. The van der Waals surface area contributed by atoms with Crippen LogP contribution < -0.4 is 17.0 Å². The van der Waals surface area contributed by atoms with Gasteiger partial charge in [-0.05, 0) is 30.7 Å². The van der Waals surface area contributed by atoms with E-state index in [9.17, 15) is 37.5 Å². The second-order valence-electron chi connectivity index (χ2n) is 7.43. The normalized spacial score (nSPS) is 11.8. The topological polar surface area (TPSA) is 116 Å². The van der Waals surface area contributed by atoms with Crippen LogP contribution in [-0.4, -0.2) is 24.8 Å². The predicted molar refractivity (Wildman–Crippen MR) is 119 cm³/mol. The number of halogens is 4. The minimum Gasteiger partial charge on any atom is -0.477 e.